The number of imide groups is 1. The van der Waals surface area contributed by atoms with E-state index in [1.165, 1.54) is 24.3 Å². The quantitative estimate of drug-likeness (QED) is 0.378. The van der Waals surface area contributed by atoms with E-state index in [0.29, 0.717) is 17.0 Å². The molecule has 1 fully saturated rings. The van der Waals surface area contributed by atoms with Crippen molar-refractivity contribution in [2.75, 3.05) is 19.0 Å². The summed E-state index contributed by atoms with van der Waals surface area (Å²) in [5.41, 5.74) is -0.948. The van der Waals surface area contributed by atoms with Crippen LogP contribution in [0.3, 0.4) is 0 Å². The Bertz CT molecular complexity index is 1180. The average molecular weight is 502 g/mol. The lowest BCUT2D eigenvalue weighted by Crippen LogP contribution is -2.42. The third-order valence-corrected chi connectivity index (χ3v) is 5.20. The number of methoxy groups -OCH3 is 1. The molecule has 180 valence electrons. The summed E-state index contributed by atoms with van der Waals surface area (Å²) >= 11 is 5.71. The molecule has 2 N–H and O–H groups in total. The number of carbonyl (C=O) groups excluding carboxylic acids is 4. The second-order valence-corrected chi connectivity index (χ2v) is 7.64. The van der Waals surface area contributed by atoms with Crippen LogP contribution in [0.15, 0.2) is 36.4 Å². The summed E-state index contributed by atoms with van der Waals surface area (Å²) in [7, 11) is 0.998. The maximum Gasteiger partial charge on any atom is 0.328 e. The number of alkyl halides is 2. The summed E-state index contributed by atoms with van der Waals surface area (Å²) in [6, 6.07) is 3.62. The number of ether oxygens (including phenoxy) is 1. The lowest BCUT2D eigenvalue weighted by molar-refractivity contribution is -0.145. The summed E-state index contributed by atoms with van der Waals surface area (Å²) in [6.07, 6.45) is -0.926. The smallest absolute Gasteiger partial charge is 0.328 e. The van der Waals surface area contributed by atoms with E-state index in [9.17, 15) is 36.7 Å². The van der Waals surface area contributed by atoms with Gasteiger partial charge in [0.1, 0.15) is 6.04 Å². The Morgan fingerprint density at radius 2 is 1.74 bits per heavy atom. The van der Waals surface area contributed by atoms with Crippen molar-refractivity contribution in [3.63, 3.8) is 0 Å². The van der Waals surface area contributed by atoms with Crippen LogP contribution in [-0.2, 0) is 9.53 Å². The molecule has 0 saturated carbocycles. The van der Waals surface area contributed by atoms with Crippen molar-refractivity contribution in [1.29, 1.82) is 0 Å². The van der Waals surface area contributed by atoms with Gasteiger partial charge in [-0.2, -0.15) is 0 Å². The molecular weight excluding hydrogens is 486 g/mol. The first-order valence-electron chi connectivity index (χ1n) is 9.56. The summed E-state index contributed by atoms with van der Waals surface area (Å²) in [5, 5.41) is 3.59. The van der Waals surface area contributed by atoms with E-state index in [-0.39, 0.29) is 11.3 Å². The Balaban J connectivity index is 1.79. The monoisotopic (exact) mass is 501 g/mol. The molecule has 4 amide bonds. The number of rotatable bonds is 4. The molecule has 1 saturated heterocycles. The van der Waals surface area contributed by atoms with Gasteiger partial charge in [0.25, 0.3) is 17.7 Å². The highest BCUT2D eigenvalue weighted by Gasteiger charge is 2.51. The molecule has 13 heteroatoms. The van der Waals surface area contributed by atoms with Gasteiger partial charge in [0.2, 0.25) is 0 Å². The van der Waals surface area contributed by atoms with E-state index in [1.54, 1.807) is 0 Å². The van der Waals surface area contributed by atoms with Gasteiger partial charge in [-0.25, -0.2) is 27.2 Å². The van der Waals surface area contributed by atoms with Crippen molar-refractivity contribution in [3.05, 3.63) is 64.2 Å². The first-order chi connectivity index (χ1) is 15.9. The van der Waals surface area contributed by atoms with Crippen LogP contribution in [0.25, 0.3) is 0 Å². The van der Waals surface area contributed by atoms with Gasteiger partial charge < -0.3 is 15.0 Å². The lowest BCUT2D eigenvalue weighted by Gasteiger charge is -2.23. The zero-order valence-electron chi connectivity index (χ0n) is 17.3. The zero-order valence-corrected chi connectivity index (χ0v) is 18.1. The SMILES string of the molecule is COC(=O)C1CC(F)(F)CN1C(=O)c1ccccc1NC(=O)NC(=O)c1cc(F)c(F)cc1Cl. The van der Waals surface area contributed by atoms with Gasteiger partial charge in [-0.1, -0.05) is 23.7 Å². The predicted molar refractivity (Wildman–Crippen MR) is 111 cm³/mol. The maximum absolute atomic E-state index is 13.9. The third-order valence-electron chi connectivity index (χ3n) is 4.89. The Kier molecular flexibility index (Phi) is 7.10. The third kappa shape index (κ3) is 5.28. The van der Waals surface area contributed by atoms with Crippen LogP contribution in [0.4, 0.5) is 28.0 Å². The summed E-state index contributed by atoms with van der Waals surface area (Å²) < 4.78 is 59.0. The fourth-order valence-electron chi connectivity index (χ4n) is 3.33. The molecule has 8 nitrogen and oxygen atoms in total. The van der Waals surface area contributed by atoms with Crippen molar-refractivity contribution in [1.82, 2.24) is 10.2 Å². The molecule has 0 bridgehead atoms. The molecular formula is C21H16ClF4N3O5. The van der Waals surface area contributed by atoms with E-state index in [2.05, 4.69) is 10.1 Å². The van der Waals surface area contributed by atoms with E-state index in [4.69, 9.17) is 11.6 Å². The van der Waals surface area contributed by atoms with Crippen molar-refractivity contribution in [2.45, 2.75) is 18.4 Å². The van der Waals surface area contributed by atoms with Crippen LogP contribution < -0.4 is 10.6 Å². The highest BCUT2D eigenvalue weighted by molar-refractivity contribution is 6.34. The number of carbonyl (C=O) groups is 4. The number of hydrogen-bond acceptors (Lipinski definition) is 5. The molecule has 0 radical (unpaired) electrons. The molecule has 1 atom stereocenters. The van der Waals surface area contributed by atoms with Gasteiger partial charge in [-0.05, 0) is 24.3 Å². The van der Waals surface area contributed by atoms with E-state index < -0.39 is 71.0 Å². The van der Waals surface area contributed by atoms with E-state index in [0.717, 1.165) is 7.11 Å². The molecule has 2 aromatic rings. The average Bonchev–Trinajstić information content (AvgIpc) is 3.10. The molecule has 2 aromatic carbocycles. The number of hydrogen-bond donors (Lipinski definition) is 2. The number of para-hydroxylation sites is 1. The second kappa shape index (κ2) is 9.67. The minimum absolute atomic E-state index is 0.173. The van der Waals surface area contributed by atoms with Crippen LogP contribution in [0.2, 0.25) is 5.02 Å². The Hall–Kier alpha value is -3.67. The number of halogens is 5. The zero-order chi connectivity index (χ0) is 25.2. The minimum atomic E-state index is -3.33. The fraction of sp³-hybridized carbons (Fsp3) is 0.238. The highest BCUT2D eigenvalue weighted by atomic mass is 35.5. The molecule has 1 aliphatic rings. The van der Waals surface area contributed by atoms with Crippen LogP contribution in [0, 0.1) is 11.6 Å². The van der Waals surface area contributed by atoms with Crippen molar-refractivity contribution in [2.24, 2.45) is 0 Å². The number of esters is 1. The predicted octanol–water partition coefficient (Wildman–Crippen LogP) is 3.60. The number of benzene rings is 2. The number of amides is 4. The van der Waals surface area contributed by atoms with Gasteiger partial charge in [0.15, 0.2) is 11.6 Å². The Morgan fingerprint density at radius 3 is 2.41 bits per heavy atom. The minimum Gasteiger partial charge on any atom is -0.467 e. The molecule has 34 heavy (non-hydrogen) atoms. The largest absolute Gasteiger partial charge is 0.467 e. The first-order valence-corrected chi connectivity index (χ1v) is 9.94. The van der Waals surface area contributed by atoms with Crippen molar-refractivity contribution in [3.8, 4) is 0 Å². The van der Waals surface area contributed by atoms with Gasteiger partial charge in [-0.15, -0.1) is 0 Å². The van der Waals surface area contributed by atoms with Crippen LogP contribution in [0.5, 0.6) is 0 Å². The van der Waals surface area contributed by atoms with Crippen LogP contribution in [0.1, 0.15) is 27.1 Å². The van der Waals surface area contributed by atoms with Crippen LogP contribution >= 0.6 is 11.6 Å². The van der Waals surface area contributed by atoms with Crippen molar-refractivity contribution < 1.29 is 41.5 Å². The van der Waals surface area contributed by atoms with Gasteiger partial charge >= 0.3 is 12.0 Å². The molecule has 3 rings (SSSR count). The molecule has 1 heterocycles. The number of nitrogens with one attached hydrogen (secondary N) is 2. The molecule has 0 spiro atoms. The van der Waals surface area contributed by atoms with E-state index in [1.807, 2.05) is 5.32 Å². The fourth-order valence-corrected chi connectivity index (χ4v) is 3.57. The normalized spacial score (nSPS) is 16.6. The number of likely N-dealkylation sites (tertiary alicyclic amines) is 1. The standard InChI is InChI=1S/C21H16ClF4N3O5/c1-34-19(32)16-8-21(25,26)9-29(16)18(31)10-4-2-3-5-15(10)27-20(33)28-17(30)11-6-13(23)14(24)7-12(11)22/h2-7,16H,8-9H2,1H3,(H2,27,28,30,33). The molecule has 0 aliphatic carbocycles. The number of nitrogens with zero attached hydrogens (tertiary/aromatic N) is 1. The summed E-state index contributed by atoms with van der Waals surface area (Å²) in [6.45, 7) is -1.04. The van der Waals surface area contributed by atoms with Gasteiger partial charge in [-0.3, -0.25) is 14.9 Å². The number of anilines is 1. The first kappa shape index (κ1) is 25.0. The summed E-state index contributed by atoms with van der Waals surface area (Å²) in [4.78, 5) is 50.1. The molecule has 1 unspecified atom stereocenters. The van der Waals surface area contributed by atoms with Gasteiger partial charge in [0, 0.05) is 6.42 Å². The van der Waals surface area contributed by atoms with Gasteiger partial charge in [0.05, 0.1) is 35.5 Å². The Morgan fingerprint density at radius 1 is 1.09 bits per heavy atom. The molecule has 0 aromatic heterocycles. The summed E-state index contributed by atoms with van der Waals surface area (Å²) in [5.74, 6) is -9.18. The topological polar surface area (TPSA) is 105 Å². The van der Waals surface area contributed by atoms with Crippen molar-refractivity contribution >= 4 is 41.1 Å². The maximum atomic E-state index is 13.9. The lowest BCUT2D eigenvalue weighted by atomic mass is 10.1. The van der Waals surface area contributed by atoms with Crippen LogP contribution in [-0.4, -0.2) is 54.3 Å². The second-order valence-electron chi connectivity index (χ2n) is 7.23. The molecule has 1 aliphatic heterocycles. The highest BCUT2D eigenvalue weighted by Crippen LogP contribution is 2.34. The Labute approximate surface area is 194 Å². The van der Waals surface area contributed by atoms with E-state index >= 15 is 0 Å². The number of urea groups is 1.